The van der Waals surface area contributed by atoms with Gasteiger partial charge in [-0.1, -0.05) is 285 Å². The van der Waals surface area contributed by atoms with Gasteiger partial charge < -0.3 is 33.8 Å². The van der Waals surface area contributed by atoms with Gasteiger partial charge >= 0.3 is 39.5 Å². The van der Waals surface area contributed by atoms with E-state index in [0.717, 1.165) is 121 Å². The molecule has 0 saturated heterocycles. The first-order chi connectivity index (χ1) is 43.8. The predicted octanol–water partition coefficient (Wildman–Crippen LogP) is 20.2. The van der Waals surface area contributed by atoms with Crippen LogP contribution in [0.25, 0.3) is 0 Å². The number of hydrogen-bond acceptors (Lipinski definition) is 15. The molecule has 91 heavy (non-hydrogen) atoms. The number of rotatable bonds is 68. The highest BCUT2D eigenvalue weighted by molar-refractivity contribution is 7.47. The summed E-state index contributed by atoms with van der Waals surface area (Å²) in [6.45, 7) is 11.7. The van der Waals surface area contributed by atoms with Crippen LogP contribution in [0.1, 0.15) is 337 Å². The Morgan fingerprint density at radius 2 is 0.648 bits per heavy atom. The molecular formula is C72H136O17P2. The second-order valence-corrected chi connectivity index (χ2v) is 29.4. The molecule has 536 valence electrons. The Bertz CT molecular complexity index is 1880. The summed E-state index contributed by atoms with van der Waals surface area (Å²) in [4.78, 5) is 72.6. The maximum absolute atomic E-state index is 13.0. The summed E-state index contributed by atoms with van der Waals surface area (Å²) < 4.78 is 68.3. The molecule has 0 amide bonds. The molecule has 0 bridgehead atoms. The van der Waals surface area contributed by atoms with Crippen molar-refractivity contribution in [3.8, 4) is 0 Å². The van der Waals surface area contributed by atoms with Crippen LogP contribution in [-0.4, -0.2) is 96.7 Å². The van der Waals surface area contributed by atoms with Crippen LogP contribution in [-0.2, 0) is 65.4 Å². The third kappa shape index (κ3) is 64.6. The number of carbonyl (C=O) groups excluding carboxylic acids is 4. The number of allylic oxidation sites excluding steroid dienone is 4. The lowest BCUT2D eigenvalue weighted by atomic mass is 10.00. The highest BCUT2D eigenvalue weighted by Gasteiger charge is 2.30. The molecule has 0 aliphatic rings. The first-order valence-corrected chi connectivity index (χ1v) is 39.7. The number of aliphatic hydroxyl groups is 1. The Balaban J connectivity index is 5.26. The van der Waals surface area contributed by atoms with Crippen LogP contribution >= 0.6 is 15.6 Å². The predicted molar refractivity (Wildman–Crippen MR) is 367 cm³/mol. The molecule has 0 heterocycles. The monoisotopic (exact) mass is 1330 g/mol. The molecule has 0 aromatic carbocycles. The summed E-state index contributed by atoms with van der Waals surface area (Å²) in [7, 11) is -9.92. The van der Waals surface area contributed by atoms with Gasteiger partial charge in [-0.2, -0.15) is 0 Å². The molecule has 0 aromatic heterocycles. The maximum Gasteiger partial charge on any atom is 0.472 e. The zero-order chi connectivity index (χ0) is 67.3. The third-order valence-corrected chi connectivity index (χ3v) is 18.3. The normalized spacial score (nSPS) is 14.6. The first-order valence-electron chi connectivity index (χ1n) is 36.7. The van der Waals surface area contributed by atoms with Crippen LogP contribution in [0.3, 0.4) is 0 Å². The van der Waals surface area contributed by atoms with E-state index in [0.29, 0.717) is 37.5 Å². The lowest BCUT2D eigenvalue weighted by molar-refractivity contribution is -0.161. The van der Waals surface area contributed by atoms with E-state index in [2.05, 4.69) is 72.8 Å². The van der Waals surface area contributed by atoms with Gasteiger partial charge in [-0.15, -0.1) is 0 Å². The minimum absolute atomic E-state index is 0.0957. The maximum atomic E-state index is 13.0. The molecule has 4 unspecified atom stereocenters. The number of unbranched alkanes of at least 4 members (excludes halogenated alkanes) is 32. The zero-order valence-corrected chi connectivity index (χ0v) is 60.6. The number of phosphoric acid groups is 2. The fourth-order valence-electron chi connectivity index (χ4n) is 10.3. The molecule has 0 aliphatic carbocycles. The lowest BCUT2D eigenvalue weighted by Crippen LogP contribution is -2.30. The molecule has 0 aliphatic heterocycles. The third-order valence-electron chi connectivity index (χ3n) is 16.4. The average Bonchev–Trinajstić information content (AvgIpc) is 2.86. The van der Waals surface area contributed by atoms with Crippen LogP contribution in [0.2, 0.25) is 0 Å². The molecular weight excluding hydrogens is 1200 g/mol. The van der Waals surface area contributed by atoms with Gasteiger partial charge in [0.15, 0.2) is 12.2 Å². The minimum atomic E-state index is -4.96. The van der Waals surface area contributed by atoms with Gasteiger partial charge in [-0.3, -0.25) is 37.3 Å². The highest BCUT2D eigenvalue weighted by atomic mass is 31.2. The second-order valence-electron chi connectivity index (χ2n) is 26.5. The molecule has 0 spiro atoms. The average molecular weight is 1340 g/mol. The highest BCUT2D eigenvalue weighted by Crippen LogP contribution is 2.45. The molecule has 19 heteroatoms. The fourth-order valence-corrected chi connectivity index (χ4v) is 11.9. The zero-order valence-electron chi connectivity index (χ0n) is 58.8. The largest absolute Gasteiger partial charge is 0.472 e. The van der Waals surface area contributed by atoms with Crippen molar-refractivity contribution >= 4 is 39.5 Å². The molecule has 0 saturated carbocycles. The Morgan fingerprint density at radius 1 is 0.363 bits per heavy atom. The summed E-state index contributed by atoms with van der Waals surface area (Å²) in [6, 6.07) is 0. The minimum Gasteiger partial charge on any atom is -0.462 e. The molecule has 0 aromatic rings. The van der Waals surface area contributed by atoms with Crippen LogP contribution in [0.5, 0.6) is 0 Å². The Hall–Kier alpha value is -2.46. The molecule has 3 N–H and O–H groups in total. The standard InChI is InChI=1S/C72H136O17P2/c1-8-10-11-12-13-14-15-16-17-20-23-26-31-39-46-53-69(74)82-60-68(89-72(77)56-49-42-35-34-38-45-52-65(7)9-2)62-87-91(80,81)85-58-66(73)57-84-90(78,79)86-61-67(59-83-70(75)54-47-40-33-28-30-37-44-51-64(5)6)88-71(76)55-48-41-32-27-24-21-18-19-22-25-29-36-43-50-63(3)4/h14-17,63-68,73H,8-13,18-62H2,1-7H3,(H,78,79)(H,80,81)/b15-14-,17-16-/t65?,66?,67-,68-/m1/s1. The first kappa shape index (κ1) is 88.5. The van der Waals surface area contributed by atoms with Gasteiger partial charge in [0.2, 0.25) is 0 Å². The number of ether oxygens (including phenoxy) is 4. The quantitative estimate of drug-likeness (QED) is 0.0169. The van der Waals surface area contributed by atoms with E-state index in [9.17, 15) is 43.2 Å². The van der Waals surface area contributed by atoms with Crippen LogP contribution in [0, 0.1) is 17.8 Å². The number of carbonyl (C=O) groups is 4. The molecule has 0 rings (SSSR count). The van der Waals surface area contributed by atoms with Gasteiger partial charge in [0.05, 0.1) is 26.4 Å². The van der Waals surface area contributed by atoms with E-state index < -0.39 is 97.5 Å². The van der Waals surface area contributed by atoms with E-state index in [4.69, 9.17) is 37.0 Å². The Kier molecular flexibility index (Phi) is 60.7. The van der Waals surface area contributed by atoms with E-state index in [-0.39, 0.29) is 25.7 Å². The van der Waals surface area contributed by atoms with Crippen LogP contribution in [0.4, 0.5) is 0 Å². The van der Waals surface area contributed by atoms with Gasteiger partial charge in [0.25, 0.3) is 0 Å². The fraction of sp³-hybridized carbons (Fsp3) is 0.889. The summed E-state index contributed by atoms with van der Waals surface area (Å²) in [5.41, 5.74) is 0. The van der Waals surface area contributed by atoms with E-state index in [1.807, 2.05) is 0 Å². The number of phosphoric ester groups is 2. The van der Waals surface area contributed by atoms with Gasteiger partial charge in [0.1, 0.15) is 19.3 Å². The van der Waals surface area contributed by atoms with Crippen molar-refractivity contribution in [2.24, 2.45) is 17.8 Å². The summed E-state index contributed by atoms with van der Waals surface area (Å²) in [5.74, 6) is 0.0471. The van der Waals surface area contributed by atoms with Crippen molar-refractivity contribution < 1.29 is 80.2 Å². The van der Waals surface area contributed by atoms with Gasteiger partial charge in [-0.25, -0.2) is 9.13 Å². The van der Waals surface area contributed by atoms with Crippen molar-refractivity contribution in [3.63, 3.8) is 0 Å². The SMILES string of the molecule is CCCCCC/C=C\C=C/CCCCCCCC(=O)OC[C@H](COP(=O)(O)OCC(O)COP(=O)(O)OC[C@@H](COC(=O)CCCCCCCCCC(C)C)OC(=O)CCCCCCCCCCCCCCCC(C)C)OC(=O)CCCCCCCCC(C)CC. The Labute approximate surface area is 554 Å². The Morgan fingerprint density at radius 3 is 0.978 bits per heavy atom. The number of hydrogen-bond donors (Lipinski definition) is 3. The van der Waals surface area contributed by atoms with Crippen molar-refractivity contribution in [1.82, 2.24) is 0 Å². The van der Waals surface area contributed by atoms with Crippen molar-refractivity contribution in [1.29, 1.82) is 0 Å². The van der Waals surface area contributed by atoms with Crippen LogP contribution in [0.15, 0.2) is 24.3 Å². The van der Waals surface area contributed by atoms with E-state index in [1.54, 1.807) is 0 Å². The summed E-state index contributed by atoms with van der Waals surface area (Å²) >= 11 is 0. The van der Waals surface area contributed by atoms with Crippen molar-refractivity contribution in [2.45, 2.75) is 356 Å². The van der Waals surface area contributed by atoms with E-state index >= 15 is 0 Å². The molecule has 17 nitrogen and oxygen atoms in total. The molecule has 0 radical (unpaired) electrons. The lowest BCUT2D eigenvalue weighted by Gasteiger charge is -2.21. The second kappa shape index (κ2) is 62.4. The van der Waals surface area contributed by atoms with E-state index in [1.165, 1.54) is 122 Å². The van der Waals surface area contributed by atoms with Gasteiger partial charge in [0, 0.05) is 25.7 Å². The van der Waals surface area contributed by atoms with Crippen molar-refractivity contribution in [3.05, 3.63) is 24.3 Å². The smallest absolute Gasteiger partial charge is 0.462 e. The van der Waals surface area contributed by atoms with Crippen molar-refractivity contribution in [2.75, 3.05) is 39.6 Å². The molecule has 6 atom stereocenters. The molecule has 0 fully saturated rings. The number of aliphatic hydroxyl groups excluding tert-OH is 1. The summed E-state index contributed by atoms with van der Waals surface area (Å²) in [6.07, 6.45) is 49.5. The summed E-state index contributed by atoms with van der Waals surface area (Å²) in [5, 5.41) is 10.6. The topological polar surface area (TPSA) is 237 Å². The van der Waals surface area contributed by atoms with Gasteiger partial charge in [-0.05, 0) is 69.1 Å². The number of esters is 4. The van der Waals surface area contributed by atoms with Crippen LogP contribution < -0.4 is 0 Å².